The minimum atomic E-state index is -4.11. The van der Waals surface area contributed by atoms with E-state index in [2.05, 4.69) is 20.0 Å². The van der Waals surface area contributed by atoms with Crippen LogP contribution in [0.25, 0.3) is 11.1 Å². The molecule has 0 unspecified atom stereocenters. The van der Waals surface area contributed by atoms with E-state index in [9.17, 15) is 13.2 Å². The number of nitrogens with zero attached hydrogens (tertiary/aromatic N) is 2. The number of benzene rings is 2. The predicted octanol–water partition coefficient (Wildman–Crippen LogP) is 5.41. The second-order valence-corrected chi connectivity index (χ2v) is 10.8. The van der Waals surface area contributed by atoms with Crippen molar-refractivity contribution in [3.63, 3.8) is 0 Å². The average Bonchev–Trinajstić information content (AvgIpc) is 2.78. The van der Waals surface area contributed by atoms with E-state index in [0.29, 0.717) is 21.3 Å². The summed E-state index contributed by atoms with van der Waals surface area (Å²) < 4.78 is 34.6. The number of ether oxygens (including phenoxy) is 1. The number of alkyl carbamates (subject to hydrolysis) is 1. The van der Waals surface area contributed by atoms with Crippen LogP contribution in [0.5, 0.6) is 0 Å². The molecule has 3 rings (SSSR count). The second-order valence-electron chi connectivity index (χ2n) is 8.40. The lowest BCUT2D eigenvalue weighted by molar-refractivity contribution is 0.0561. The standard InChI is InChI=1S/C24H24Cl2N4O4S/c1-24(2,3)34-23(31)29-22(30-35(32,33)19-7-5-4-6-8-19)28-15-16-13-20(21(26)27-14-16)17-9-11-18(25)12-10-17/h4-14H,15H2,1-3H3,(H2,28,29,30,31). The number of carbonyl (C=O) groups excluding carboxylic acids is 1. The molecule has 0 bridgehead atoms. The molecule has 0 aliphatic heterocycles. The zero-order chi connectivity index (χ0) is 25.6. The Bertz CT molecular complexity index is 1320. The third-order valence-electron chi connectivity index (χ3n) is 4.38. The molecule has 2 N–H and O–H groups in total. The normalized spacial score (nSPS) is 12.2. The molecule has 35 heavy (non-hydrogen) atoms. The van der Waals surface area contributed by atoms with Gasteiger partial charge in [0.15, 0.2) is 0 Å². The summed E-state index contributed by atoms with van der Waals surface area (Å²) in [5, 5.41) is 6.09. The van der Waals surface area contributed by atoms with Crippen molar-refractivity contribution in [3.05, 3.63) is 82.6 Å². The number of hydrogen-bond acceptors (Lipinski definition) is 5. The monoisotopic (exact) mass is 534 g/mol. The molecule has 0 spiro atoms. The fourth-order valence-corrected chi connectivity index (χ4v) is 4.17. The Morgan fingerprint density at radius 2 is 1.71 bits per heavy atom. The smallest absolute Gasteiger partial charge is 0.414 e. The Balaban J connectivity index is 1.87. The molecular formula is C24H24Cl2N4O4S. The van der Waals surface area contributed by atoms with Crippen LogP contribution in [0.4, 0.5) is 4.79 Å². The number of nitrogens with one attached hydrogen (secondary N) is 2. The molecule has 0 saturated heterocycles. The van der Waals surface area contributed by atoms with Gasteiger partial charge in [0.25, 0.3) is 10.0 Å². The van der Waals surface area contributed by atoms with Gasteiger partial charge in [-0.2, -0.15) is 8.42 Å². The number of aromatic nitrogens is 1. The molecule has 3 aromatic rings. The molecule has 0 fully saturated rings. The maximum absolute atomic E-state index is 12.8. The van der Waals surface area contributed by atoms with Crippen molar-refractivity contribution in [2.75, 3.05) is 0 Å². The molecule has 8 nitrogen and oxygen atoms in total. The van der Waals surface area contributed by atoms with Gasteiger partial charge in [0.2, 0.25) is 5.96 Å². The Kier molecular flexibility index (Phi) is 8.37. The molecule has 0 aliphatic carbocycles. The third-order valence-corrected chi connectivity index (χ3v) is 6.23. The Morgan fingerprint density at radius 1 is 1.06 bits per heavy atom. The molecule has 0 aliphatic rings. The fourth-order valence-electron chi connectivity index (χ4n) is 2.87. The van der Waals surface area contributed by atoms with E-state index < -0.39 is 21.7 Å². The van der Waals surface area contributed by atoms with Crippen LogP contribution in [0, 0.1) is 0 Å². The number of carbonyl (C=O) groups is 1. The highest BCUT2D eigenvalue weighted by Crippen LogP contribution is 2.28. The highest BCUT2D eigenvalue weighted by Gasteiger charge is 2.20. The minimum Gasteiger partial charge on any atom is -0.444 e. The number of sulfonamides is 1. The van der Waals surface area contributed by atoms with E-state index in [4.69, 9.17) is 27.9 Å². The number of amides is 1. The molecule has 0 atom stereocenters. The van der Waals surface area contributed by atoms with Crippen LogP contribution in [0.1, 0.15) is 26.3 Å². The molecule has 0 saturated carbocycles. The van der Waals surface area contributed by atoms with Crippen LogP contribution >= 0.6 is 23.2 Å². The van der Waals surface area contributed by atoms with Crippen LogP contribution in [0.15, 0.2) is 76.2 Å². The summed E-state index contributed by atoms with van der Waals surface area (Å²) in [6.45, 7) is 5.16. The zero-order valence-electron chi connectivity index (χ0n) is 19.2. The van der Waals surface area contributed by atoms with Crippen LogP contribution < -0.4 is 10.6 Å². The van der Waals surface area contributed by atoms with Gasteiger partial charge >= 0.3 is 6.09 Å². The van der Waals surface area contributed by atoms with Crippen molar-refractivity contribution >= 4 is 45.3 Å². The molecule has 1 aromatic heterocycles. The van der Waals surface area contributed by atoms with E-state index in [0.717, 1.165) is 5.56 Å². The number of halogens is 2. The number of pyridine rings is 1. The highest BCUT2D eigenvalue weighted by molar-refractivity contribution is 7.90. The van der Waals surface area contributed by atoms with Crippen molar-refractivity contribution in [1.82, 2.24) is 15.6 Å². The van der Waals surface area contributed by atoms with Gasteiger partial charge in [0, 0.05) is 23.3 Å². The fraction of sp³-hybridized carbons (Fsp3) is 0.208. The summed E-state index contributed by atoms with van der Waals surface area (Å²) in [5.74, 6) is -0.300. The van der Waals surface area contributed by atoms with Crippen LogP contribution in [-0.2, 0) is 21.3 Å². The maximum Gasteiger partial charge on any atom is 0.414 e. The summed E-state index contributed by atoms with van der Waals surface area (Å²) in [7, 11) is -4.11. The quantitative estimate of drug-likeness (QED) is 0.257. The van der Waals surface area contributed by atoms with Gasteiger partial charge in [-0.1, -0.05) is 53.5 Å². The van der Waals surface area contributed by atoms with Crippen LogP contribution in [-0.4, -0.2) is 31.1 Å². The van der Waals surface area contributed by atoms with Gasteiger partial charge < -0.3 is 10.1 Å². The largest absolute Gasteiger partial charge is 0.444 e. The lowest BCUT2D eigenvalue weighted by Gasteiger charge is -2.20. The molecule has 2 aromatic carbocycles. The van der Waals surface area contributed by atoms with E-state index in [1.54, 1.807) is 57.2 Å². The average molecular weight is 535 g/mol. The summed E-state index contributed by atoms with van der Waals surface area (Å²) >= 11 is 12.2. The second kappa shape index (κ2) is 11.1. The first-order valence-corrected chi connectivity index (χ1v) is 12.7. The Morgan fingerprint density at radius 3 is 2.34 bits per heavy atom. The number of rotatable bonds is 5. The highest BCUT2D eigenvalue weighted by atomic mass is 35.5. The van der Waals surface area contributed by atoms with E-state index in [1.165, 1.54) is 18.3 Å². The van der Waals surface area contributed by atoms with Gasteiger partial charge in [-0.05, 0) is 62.2 Å². The van der Waals surface area contributed by atoms with E-state index in [1.807, 2.05) is 12.1 Å². The van der Waals surface area contributed by atoms with Crippen LogP contribution in [0.3, 0.4) is 0 Å². The van der Waals surface area contributed by atoms with Gasteiger partial charge in [0.1, 0.15) is 10.8 Å². The molecule has 0 radical (unpaired) electrons. The van der Waals surface area contributed by atoms with Gasteiger partial charge in [-0.25, -0.2) is 9.78 Å². The summed E-state index contributed by atoms with van der Waals surface area (Å²) in [5.41, 5.74) is 1.34. The minimum absolute atomic E-state index is 0.0246. The van der Waals surface area contributed by atoms with Crippen molar-refractivity contribution in [3.8, 4) is 11.1 Å². The molecule has 184 valence electrons. The topological polar surface area (TPSA) is 110 Å². The molecule has 11 heteroatoms. The van der Waals surface area contributed by atoms with Gasteiger partial charge in [-0.15, -0.1) is 4.40 Å². The number of guanidine groups is 1. The maximum atomic E-state index is 12.8. The van der Waals surface area contributed by atoms with Crippen molar-refractivity contribution in [2.45, 2.75) is 37.8 Å². The SMILES string of the molecule is CC(C)(C)OC(=O)NC(=NS(=O)(=O)c1ccccc1)NCc1cnc(Cl)c(-c2ccc(Cl)cc2)c1. The Hall–Kier alpha value is -3.14. The lowest BCUT2D eigenvalue weighted by Crippen LogP contribution is -2.43. The summed E-state index contributed by atoms with van der Waals surface area (Å²) in [6.07, 6.45) is 0.675. The predicted molar refractivity (Wildman–Crippen MR) is 137 cm³/mol. The third kappa shape index (κ3) is 7.95. The first-order valence-electron chi connectivity index (χ1n) is 10.5. The zero-order valence-corrected chi connectivity index (χ0v) is 21.6. The van der Waals surface area contributed by atoms with E-state index in [-0.39, 0.29) is 17.4 Å². The van der Waals surface area contributed by atoms with Crippen molar-refractivity contribution in [1.29, 1.82) is 0 Å². The molecule has 1 heterocycles. The lowest BCUT2D eigenvalue weighted by atomic mass is 10.1. The summed E-state index contributed by atoms with van der Waals surface area (Å²) in [4.78, 5) is 16.5. The van der Waals surface area contributed by atoms with Crippen LogP contribution in [0.2, 0.25) is 10.2 Å². The number of hydrogen-bond donors (Lipinski definition) is 2. The molecular weight excluding hydrogens is 511 g/mol. The van der Waals surface area contributed by atoms with E-state index >= 15 is 0 Å². The van der Waals surface area contributed by atoms with Gasteiger partial charge in [0.05, 0.1) is 4.90 Å². The Labute approximate surface area is 214 Å². The van der Waals surface area contributed by atoms with Gasteiger partial charge in [-0.3, -0.25) is 5.32 Å². The van der Waals surface area contributed by atoms with Crippen molar-refractivity contribution in [2.24, 2.45) is 4.40 Å². The molecule has 1 amide bonds. The van der Waals surface area contributed by atoms with Crippen molar-refractivity contribution < 1.29 is 17.9 Å². The first kappa shape index (κ1) is 26.5. The first-order chi connectivity index (χ1) is 16.4. The summed E-state index contributed by atoms with van der Waals surface area (Å²) in [6, 6.07) is 16.6.